The summed E-state index contributed by atoms with van der Waals surface area (Å²) in [6.45, 7) is 8.19. The molecule has 0 aliphatic heterocycles. The number of fused-ring (bicyclic) bond motifs is 1. The summed E-state index contributed by atoms with van der Waals surface area (Å²) in [5.74, 6) is -0.319. The third-order valence-electron chi connectivity index (χ3n) is 5.44. The predicted octanol–water partition coefficient (Wildman–Crippen LogP) is 2.90. The maximum absolute atomic E-state index is 12.9. The van der Waals surface area contributed by atoms with E-state index in [2.05, 4.69) is 32.8 Å². The number of amides is 2. The third-order valence-corrected chi connectivity index (χ3v) is 5.44. The molecule has 9 nitrogen and oxygen atoms in total. The first-order valence-corrected chi connectivity index (χ1v) is 11.3. The van der Waals surface area contributed by atoms with Crippen LogP contribution in [-0.2, 0) is 6.54 Å². The summed E-state index contributed by atoms with van der Waals surface area (Å²) in [5, 5.41) is 5.15. The molecule has 0 spiro atoms. The summed E-state index contributed by atoms with van der Waals surface area (Å²) in [7, 11) is 0. The van der Waals surface area contributed by atoms with Crippen LogP contribution in [0.15, 0.2) is 47.4 Å². The highest BCUT2D eigenvalue weighted by molar-refractivity contribution is 6.06. The highest BCUT2D eigenvalue weighted by atomic mass is 16.2. The smallest absolute Gasteiger partial charge is 0.290 e. The quantitative estimate of drug-likeness (QED) is 0.383. The second-order valence-electron chi connectivity index (χ2n) is 7.62. The molecule has 174 valence electrons. The van der Waals surface area contributed by atoms with Crippen LogP contribution in [0.5, 0.6) is 0 Å². The number of carbonyl (C=O) groups is 2. The molecule has 0 aliphatic carbocycles. The summed E-state index contributed by atoms with van der Waals surface area (Å²) in [6, 6.07) is 10.3. The zero-order valence-corrected chi connectivity index (χ0v) is 19.3. The van der Waals surface area contributed by atoms with Gasteiger partial charge in [-0.25, -0.2) is 9.67 Å². The molecule has 33 heavy (non-hydrogen) atoms. The van der Waals surface area contributed by atoms with Gasteiger partial charge >= 0.3 is 0 Å². The summed E-state index contributed by atoms with van der Waals surface area (Å²) < 4.78 is 1.32. The van der Waals surface area contributed by atoms with Crippen LogP contribution < -0.4 is 21.3 Å². The van der Waals surface area contributed by atoms with E-state index in [-0.39, 0.29) is 11.3 Å². The van der Waals surface area contributed by atoms with Crippen molar-refractivity contribution >= 4 is 28.4 Å². The normalized spacial score (nSPS) is 10.8. The monoisotopic (exact) mass is 450 g/mol. The lowest BCUT2D eigenvalue weighted by molar-refractivity contribution is 0.0843. The first kappa shape index (κ1) is 23.9. The Morgan fingerprint density at radius 2 is 1.64 bits per heavy atom. The van der Waals surface area contributed by atoms with E-state index >= 15 is 0 Å². The van der Waals surface area contributed by atoms with Gasteiger partial charge in [0.2, 0.25) is 0 Å². The molecule has 2 heterocycles. The van der Waals surface area contributed by atoms with Gasteiger partial charge in [-0.3, -0.25) is 25.2 Å². The van der Waals surface area contributed by atoms with Gasteiger partial charge < -0.3 is 4.90 Å². The van der Waals surface area contributed by atoms with Crippen molar-refractivity contribution in [3.63, 3.8) is 0 Å². The minimum absolute atomic E-state index is 0.0806. The Bertz CT molecular complexity index is 1170. The molecule has 2 aromatic heterocycles. The number of unbranched alkanes of at least 4 members (excludes halogenated alkanes) is 2. The van der Waals surface area contributed by atoms with E-state index in [1.165, 1.54) is 10.9 Å². The fraction of sp³-hybridized carbons (Fsp3) is 0.375. The van der Waals surface area contributed by atoms with Crippen molar-refractivity contribution in [2.24, 2.45) is 0 Å². The summed E-state index contributed by atoms with van der Waals surface area (Å²) in [5.41, 5.74) is 4.97. The van der Waals surface area contributed by atoms with Crippen LogP contribution >= 0.6 is 0 Å². The molecule has 0 atom stereocenters. The molecule has 0 bridgehead atoms. The van der Waals surface area contributed by atoms with Crippen molar-refractivity contribution in [2.75, 3.05) is 18.0 Å². The fourth-order valence-electron chi connectivity index (χ4n) is 3.57. The van der Waals surface area contributed by atoms with Crippen LogP contribution in [0, 0.1) is 0 Å². The Balaban J connectivity index is 1.77. The molecule has 0 aliphatic rings. The number of rotatable bonds is 9. The van der Waals surface area contributed by atoms with Gasteiger partial charge in [0.05, 0.1) is 10.9 Å². The van der Waals surface area contributed by atoms with Crippen molar-refractivity contribution in [1.29, 1.82) is 0 Å². The maximum Gasteiger partial charge on any atom is 0.290 e. The number of anilines is 1. The average Bonchev–Trinajstić information content (AvgIpc) is 2.85. The van der Waals surface area contributed by atoms with Gasteiger partial charge in [-0.15, -0.1) is 0 Å². The Labute approximate surface area is 192 Å². The number of carbonyl (C=O) groups excluding carboxylic acids is 2. The van der Waals surface area contributed by atoms with Gasteiger partial charge in [0.15, 0.2) is 5.69 Å². The van der Waals surface area contributed by atoms with E-state index in [0.29, 0.717) is 22.9 Å². The molecule has 0 saturated heterocycles. The number of hydrazine groups is 1. The molecular weight excluding hydrogens is 420 g/mol. The molecule has 2 amide bonds. The molecule has 9 heteroatoms. The van der Waals surface area contributed by atoms with E-state index in [9.17, 15) is 14.4 Å². The highest BCUT2D eigenvalue weighted by Gasteiger charge is 2.18. The van der Waals surface area contributed by atoms with Crippen molar-refractivity contribution in [1.82, 2.24) is 25.6 Å². The largest absolute Gasteiger partial charge is 0.357 e. The van der Waals surface area contributed by atoms with Crippen molar-refractivity contribution < 1.29 is 9.59 Å². The maximum atomic E-state index is 12.9. The number of benzene rings is 1. The number of nitrogens with zero attached hydrogens (tertiary/aromatic N) is 4. The number of hydrogen-bond donors (Lipinski definition) is 2. The van der Waals surface area contributed by atoms with Crippen LogP contribution in [0.3, 0.4) is 0 Å². The van der Waals surface area contributed by atoms with Gasteiger partial charge in [-0.2, -0.15) is 5.10 Å². The molecule has 0 fully saturated rings. The first-order valence-electron chi connectivity index (χ1n) is 11.3. The van der Waals surface area contributed by atoms with E-state index in [0.717, 1.165) is 38.2 Å². The lowest BCUT2D eigenvalue weighted by atomic mass is 10.1. The van der Waals surface area contributed by atoms with Crippen molar-refractivity contribution in [2.45, 2.75) is 46.6 Å². The number of nitrogens with one attached hydrogen (secondary N) is 2. The van der Waals surface area contributed by atoms with Gasteiger partial charge in [-0.05, 0) is 38.5 Å². The van der Waals surface area contributed by atoms with E-state index < -0.39 is 11.8 Å². The van der Waals surface area contributed by atoms with Gasteiger partial charge in [0.25, 0.3) is 17.4 Å². The third kappa shape index (κ3) is 5.54. The van der Waals surface area contributed by atoms with Crippen LogP contribution in [0.4, 0.5) is 5.82 Å². The Morgan fingerprint density at radius 1 is 0.939 bits per heavy atom. The summed E-state index contributed by atoms with van der Waals surface area (Å²) >= 11 is 0. The molecular formula is C24H30N6O3. The van der Waals surface area contributed by atoms with Crippen molar-refractivity contribution in [3.05, 3.63) is 64.2 Å². The second-order valence-corrected chi connectivity index (χ2v) is 7.62. The minimum atomic E-state index is -0.600. The zero-order valence-electron chi connectivity index (χ0n) is 19.3. The highest BCUT2D eigenvalue weighted by Crippen LogP contribution is 2.14. The number of aromatic nitrogens is 3. The fourth-order valence-corrected chi connectivity index (χ4v) is 3.57. The second kappa shape index (κ2) is 11.2. The molecule has 0 saturated carbocycles. The molecule has 0 unspecified atom stereocenters. The number of pyridine rings is 1. The van der Waals surface area contributed by atoms with Crippen LogP contribution in [0.2, 0.25) is 0 Å². The average molecular weight is 451 g/mol. The number of hydrogen-bond acceptors (Lipinski definition) is 6. The first-order chi connectivity index (χ1) is 16.0. The molecule has 1 aromatic carbocycles. The standard InChI is InChI=1S/C24H30N6O3/c1-4-7-10-15-30-24(33)19-12-9-8-11-18(19)21(28-30)23(32)27-26-22(31)17-13-14-20(25-16-17)29(5-2)6-3/h8-9,11-14,16H,4-7,10,15H2,1-3H3,(H,26,31)(H,27,32). The summed E-state index contributed by atoms with van der Waals surface area (Å²) in [6.07, 6.45) is 4.22. The summed E-state index contributed by atoms with van der Waals surface area (Å²) in [4.78, 5) is 44.5. The van der Waals surface area contributed by atoms with Gasteiger partial charge in [-0.1, -0.05) is 38.0 Å². The van der Waals surface area contributed by atoms with Crippen LogP contribution in [0.1, 0.15) is 60.9 Å². The van der Waals surface area contributed by atoms with Gasteiger partial charge in [0.1, 0.15) is 5.82 Å². The van der Waals surface area contributed by atoms with E-state index in [1.54, 1.807) is 36.4 Å². The van der Waals surface area contributed by atoms with E-state index in [4.69, 9.17) is 0 Å². The van der Waals surface area contributed by atoms with E-state index in [1.807, 2.05) is 13.8 Å². The zero-order chi connectivity index (χ0) is 23.8. The molecule has 0 radical (unpaired) electrons. The number of aryl methyl sites for hydroxylation is 1. The Hall–Kier alpha value is -3.75. The Morgan fingerprint density at radius 3 is 2.27 bits per heavy atom. The lowest BCUT2D eigenvalue weighted by Crippen LogP contribution is -2.43. The predicted molar refractivity (Wildman–Crippen MR) is 128 cm³/mol. The molecule has 3 rings (SSSR count). The topological polar surface area (TPSA) is 109 Å². The molecule has 2 N–H and O–H groups in total. The molecule has 3 aromatic rings. The van der Waals surface area contributed by atoms with Crippen LogP contribution in [-0.4, -0.2) is 39.7 Å². The van der Waals surface area contributed by atoms with Crippen LogP contribution in [0.25, 0.3) is 10.8 Å². The minimum Gasteiger partial charge on any atom is -0.357 e. The lowest BCUT2D eigenvalue weighted by Gasteiger charge is -2.19. The van der Waals surface area contributed by atoms with Crippen molar-refractivity contribution in [3.8, 4) is 0 Å². The Kier molecular flexibility index (Phi) is 8.12. The SMILES string of the molecule is CCCCCn1nc(C(=O)NNC(=O)c2ccc(N(CC)CC)nc2)c2ccccc2c1=O. The van der Waals surface area contributed by atoms with Gasteiger partial charge in [0, 0.05) is 31.2 Å².